The summed E-state index contributed by atoms with van der Waals surface area (Å²) in [6, 6.07) is 14.0. The number of fused-ring (bicyclic) bond motifs is 2. The predicted octanol–water partition coefficient (Wildman–Crippen LogP) is 3.75. The Morgan fingerprint density at radius 1 is 1.00 bits per heavy atom. The molecule has 256 valence electrons. The Balaban J connectivity index is 1.71. The van der Waals surface area contributed by atoms with Gasteiger partial charge in [0.25, 0.3) is 10.0 Å². The van der Waals surface area contributed by atoms with Gasteiger partial charge in [0, 0.05) is 17.3 Å². The second-order valence-electron chi connectivity index (χ2n) is 11.7. The lowest BCUT2D eigenvalue weighted by Crippen LogP contribution is -2.55. The van der Waals surface area contributed by atoms with Gasteiger partial charge in [-0.25, -0.2) is 16.8 Å². The van der Waals surface area contributed by atoms with Gasteiger partial charge in [-0.1, -0.05) is 38.1 Å². The number of Topliss-reactive ketones (excluding diaryl/α,β-unsaturated/α-hetero) is 1. The summed E-state index contributed by atoms with van der Waals surface area (Å²) in [5.74, 6) is -1.94. The first-order valence-corrected chi connectivity index (χ1v) is 19.3. The lowest BCUT2D eigenvalue weighted by atomic mass is 9.72. The molecule has 0 aromatic heterocycles. The molecule has 48 heavy (non-hydrogen) atoms. The van der Waals surface area contributed by atoms with E-state index in [-0.39, 0.29) is 56.1 Å². The summed E-state index contributed by atoms with van der Waals surface area (Å²) >= 11 is 0. The van der Waals surface area contributed by atoms with Crippen LogP contribution in [0, 0.1) is 5.92 Å². The summed E-state index contributed by atoms with van der Waals surface area (Å²) in [5, 5.41) is 14.3. The normalized spacial score (nSPS) is 18.8. The Morgan fingerprint density at radius 3 is 2.35 bits per heavy atom. The molecule has 0 fully saturated rings. The number of rotatable bonds is 11. The van der Waals surface area contributed by atoms with Crippen molar-refractivity contribution in [3.8, 4) is 11.5 Å². The van der Waals surface area contributed by atoms with Crippen LogP contribution in [-0.2, 0) is 40.4 Å². The molecule has 1 unspecified atom stereocenters. The van der Waals surface area contributed by atoms with Crippen LogP contribution in [0.5, 0.6) is 11.5 Å². The minimum atomic E-state index is -4.59. The SMILES string of the molecule is COc1ccc(OC)c(S(=O)(=O)NC2(CCC(C)C)C(=O)C(C3=NS(=O)(=O)c4cc(NS(C)(=O)=O)ccc4N3)=C(O)c3ccccc32)c1. The van der Waals surface area contributed by atoms with Gasteiger partial charge in [0.2, 0.25) is 20.0 Å². The second kappa shape index (κ2) is 12.5. The van der Waals surface area contributed by atoms with Gasteiger partial charge in [0.15, 0.2) is 11.6 Å². The van der Waals surface area contributed by atoms with Crippen molar-refractivity contribution in [3.63, 3.8) is 0 Å². The highest BCUT2D eigenvalue weighted by Crippen LogP contribution is 2.45. The van der Waals surface area contributed by atoms with Crippen molar-refractivity contribution in [3.05, 3.63) is 77.4 Å². The minimum Gasteiger partial charge on any atom is -0.506 e. The maximum atomic E-state index is 14.9. The van der Waals surface area contributed by atoms with E-state index in [2.05, 4.69) is 19.2 Å². The fraction of sp³-hybridized carbons (Fsp3) is 0.290. The van der Waals surface area contributed by atoms with Gasteiger partial charge in [-0.15, -0.1) is 4.40 Å². The van der Waals surface area contributed by atoms with E-state index in [9.17, 15) is 35.2 Å². The van der Waals surface area contributed by atoms with E-state index < -0.39 is 58.6 Å². The number of nitrogens with zero attached hydrogens (tertiary/aromatic N) is 1. The van der Waals surface area contributed by atoms with E-state index in [0.29, 0.717) is 6.42 Å². The van der Waals surface area contributed by atoms with Gasteiger partial charge < -0.3 is 19.9 Å². The Bertz CT molecular complexity index is 2210. The van der Waals surface area contributed by atoms with Gasteiger partial charge in [-0.3, -0.25) is 9.52 Å². The van der Waals surface area contributed by atoms with Crippen LogP contribution in [0.2, 0.25) is 0 Å². The van der Waals surface area contributed by atoms with Crippen LogP contribution in [0.25, 0.3) is 5.76 Å². The number of carbonyl (C=O) groups is 1. The van der Waals surface area contributed by atoms with Gasteiger partial charge in [-0.2, -0.15) is 13.1 Å². The Kier molecular flexibility index (Phi) is 9.11. The number of nitrogens with one attached hydrogen (secondary N) is 3. The first-order valence-electron chi connectivity index (χ1n) is 14.5. The fourth-order valence-electron chi connectivity index (χ4n) is 5.59. The molecule has 1 aliphatic heterocycles. The number of amidine groups is 1. The minimum absolute atomic E-state index is 0.00668. The van der Waals surface area contributed by atoms with E-state index in [1.54, 1.807) is 12.1 Å². The third kappa shape index (κ3) is 6.50. The number of aliphatic hydroxyl groups is 1. The molecule has 0 saturated heterocycles. The highest BCUT2D eigenvalue weighted by Gasteiger charge is 2.52. The Labute approximate surface area is 279 Å². The number of hydrogen-bond acceptors (Lipinski definition) is 11. The largest absolute Gasteiger partial charge is 0.506 e. The van der Waals surface area contributed by atoms with Crippen molar-refractivity contribution >= 4 is 58.8 Å². The topological polar surface area (TPSA) is 207 Å². The number of carbonyl (C=O) groups excluding carboxylic acids is 1. The average molecular weight is 719 g/mol. The quantitative estimate of drug-likeness (QED) is 0.225. The molecule has 17 heteroatoms. The van der Waals surface area contributed by atoms with Crippen molar-refractivity contribution in [2.75, 3.05) is 30.5 Å². The number of hydrogen-bond donors (Lipinski definition) is 4. The van der Waals surface area contributed by atoms with Gasteiger partial charge in [0.05, 0.1) is 26.2 Å². The number of sulfonamides is 3. The first-order chi connectivity index (χ1) is 22.4. The summed E-state index contributed by atoms with van der Waals surface area (Å²) in [7, 11) is -10.3. The molecule has 1 aliphatic carbocycles. The molecular formula is C31H34N4O10S3. The zero-order valence-electron chi connectivity index (χ0n) is 26.6. The molecule has 0 amide bonds. The average Bonchev–Trinajstić information content (AvgIpc) is 3.01. The van der Waals surface area contributed by atoms with Crippen LogP contribution in [0.15, 0.2) is 80.4 Å². The lowest BCUT2D eigenvalue weighted by molar-refractivity contribution is -0.121. The molecular weight excluding hydrogens is 685 g/mol. The van der Waals surface area contributed by atoms with Gasteiger partial charge >= 0.3 is 0 Å². The number of aliphatic hydroxyl groups excluding tert-OH is 1. The molecule has 3 aromatic rings. The third-order valence-electron chi connectivity index (χ3n) is 7.82. The van der Waals surface area contributed by atoms with E-state index in [4.69, 9.17) is 9.47 Å². The maximum absolute atomic E-state index is 14.9. The van der Waals surface area contributed by atoms with Crippen molar-refractivity contribution in [1.82, 2.24) is 4.72 Å². The Hall–Kier alpha value is -4.45. The molecule has 5 rings (SSSR count). The first kappa shape index (κ1) is 34.9. The van der Waals surface area contributed by atoms with E-state index in [0.717, 1.165) is 12.3 Å². The highest BCUT2D eigenvalue weighted by molar-refractivity contribution is 7.92. The van der Waals surface area contributed by atoms with Crippen molar-refractivity contribution in [2.24, 2.45) is 10.3 Å². The molecule has 0 radical (unpaired) electrons. The summed E-state index contributed by atoms with van der Waals surface area (Å²) in [6.45, 7) is 3.79. The zero-order valence-corrected chi connectivity index (χ0v) is 29.0. The van der Waals surface area contributed by atoms with Crippen LogP contribution in [0.4, 0.5) is 11.4 Å². The summed E-state index contributed by atoms with van der Waals surface area (Å²) in [5.41, 5.74) is -2.48. The van der Waals surface area contributed by atoms with E-state index >= 15 is 0 Å². The molecule has 0 spiro atoms. The smallest absolute Gasteiger partial charge is 0.286 e. The number of ether oxygens (including phenoxy) is 2. The summed E-state index contributed by atoms with van der Waals surface area (Å²) < 4.78 is 98.1. The third-order valence-corrected chi connectivity index (χ3v) is 11.3. The molecule has 1 atom stereocenters. The monoisotopic (exact) mass is 718 g/mol. The van der Waals surface area contributed by atoms with Crippen molar-refractivity contribution in [2.45, 2.75) is 42.0 Å². The molecule has 4 N–H and O–H groups in total. The van der Waals surface area contributed by atoms with Crippen LogP contribution >= 0.6 is 0 Å². The number of methoxy groups -OCH3 is 2. The molecule has 14 nitrogen and oxygen atoms in total. The van der Waals surface area contributed by atoms with Gasteiger partial charge in [0.1, 0.15) is 38.2 Å². The zero-order chi connectivity index (χ0) is 35.2. The fourth-order valence-corrected chi connectivity index (χ4v) is 8.85. The van der Waals surface area contributed by atoms with Crippen LogP contribution < -0.4 is 24.2 Å². The van der Waals surface area contributed by atoms with Crippen molar-refractivity contribution in [1.29, 1.82) is 0 Å². The standard InChI is InChI=1S/C31H34N4O10S3/c1-18(2)14-15-31(35-48(42,43)26-17-20(44-3)11-13-24(26)45-4)22-9-7-6-8-21(22)28(36)27(29(31)37)30-32-23-12-10-19(33-46(5,38)39)16-25(23)47(40,41)34-30/h6-13,16-18,33,35-36H,14-15H2,1-5H3,(H,32,34). The van der Waals surface area contributed by atoms with Crippen LogP contribution in [0.3, 0.4) is 0 Å². The molecule has 3 aromatic carbocycles. The second-order valence-corrected chi connectivity index (χ2v) is 16.7. The molecule has 1 heterocycles. The van der Waals surface area contributed by atoms with Crippen molar-refractivity contribution < 1.29 is 44.6 Å². The summed E-state index contributed by atoms with van der Waals surface area (Å²) in [6.07, 6.45) is 1.16. The summed E-state index contributed by atoms with van der Waals surface area (Å²) in [4.78, 5) is 14.2. The van der Waals surface area contributed by atoms with E-state index in [1.165, 1.54) is 56.7 Å². The predicted molar refractivity (Wildman–Crippen MR) is 180 cm³/mol. The number of benzene rings is 3. The maximum Gasteiger partial charge on any atom is 0.286 e. The molecule has 2 aliphatic rings. The van der Waals surface area contributed by atoms with Crippen LogP contribution in [0.1, 0.15) is 37.8 Å². The van der Waals surface area contributed by atoms with E-state index in [1.807, 2.05) is 13.8 Å². The number of anilines is 2. The lowest BCUT2D eigenvalue weighted by Gasteiger charge is -2.39. The molecule has 0 saturated carbocycles. The Morgan fingerprint density at radius 2 is 1.71 bits per heavy atom. The van der Waals surface area contributed by atoms with Gasteiger partial charge in [-0.05, 0) is 54.7 Å². The molecule has 0 bridgehead atoms. The highest BCUT2D eigenvalue weighted by atomic mass is 32.2. The van der Waals surface area contributed by atoms with Crippen LogP contribution in [-0.4, -0.2) is 62.5 Å². The number of ketones is 1.